The number of fused-ring (bicyclic) bond motifs is 1. The highest BCUT2D eigenvalue weighted by molar-refractivity contribution is 6.00. The molecule has 6 heteroatoms. The number of aromatic amines is 1. The molecule has 4 aromatic rings. The number of carbonyl (C=O) groups excluding carboxylic acids is 1. The van der Waals surface area contributed by atoms with E-state index in [-0.39, 0.29) is 11.9 Å². The zero-order valence-corrected chi connectivity index (χ0v) is 20.2. The van der Waals surface area contributed by atoms with Crippen molar-refractivity contribution in [2.24, 2.45) is 0 Å². The van der Waals surface area contributed by atoms with Gasteiger partial charge in [-0.25, -0.2) is 0 Å². The minimum Gasteiger partial charge on any atom is -0.493 e. The lowest BCUT2D eigenvalue weighted by atomic mass is 9.95. The average molecular weight is 468 g/mol. The molecule has 5 rings (SSSR count). The zero-order chi connectivity index (χ0) is 24.4. The van der Waals surface area contributed by atoms with Gasteiger partial charge in [-0.2, -0.15) is 5.10 Å². The van der Waals surface area contributed by atoms with Crippen LogP contribution in [0.1, 0.15) is 52.1 Å². The normalized spacial score (nSPS) is 14.8. The maximum atomic E-state index is 13.3. The lowest BCUT2D eigenvalue weighted by Gasteiger charge is -2.26. The summed E-state index contributed by atoms with van der Waals surface area (Å²) >= 11 is 0. The van der Waals surface area contributed by atoms with Gasteiger partial charge in [0.1, 0.15) is 12.3 Å². The van der Waals surface area contributed by atoms with Crippen LogP contribution in [0.2, 0.25) is 0 Å². The molecule has 35 heavy (non-hydrogen) atoms. The monoisotopic (exact) mass is 467 g/mol. The Morgan fingerprint density at radius 2 is 1.77 bits per heavy atom. The van der Waals surface area contributed by atoms with Crippen molar-refractivity contribution >= 4 is 5.91 Å². The van der Waals surface area contributed by atoms with E-state index in [0.717, 1.165) is 34.4 Å². The predicted molar refractivity (Wildman–Crippen MR) is 136 cm³/mol. The van der Waals surface area contributed by atoms with Crippen molar-refractivity contribution < 1.29 is 14.3 Å². The number of nitrogens with one attached hydrogen (secondary N) is 1. The standard InChI is InChI=1S/C29H29N3O3/c1-4-16-32-28(25-26(30-31-27(25)29(32)33)21-12-10-19(2)11-13-21)22-14-15-23(24(17-22)34-3)35-18-20-8-6-5-7-9-20/h5-15,17,28H,4,16,18H2,1-3H3,(H,30,31). The second kappa shape index (κ2) is 9.66. The van der Waals surface area contributed by atoms with E-state index < -0.39 is 0 Å². The van der Waals surface area contributed by atoms with Crippen molar-refractivity contribution in [3.05, 3.63) is 101 Å². The highest BCUT2D eigenvalue weighted by Crippen LogP contribution is 2.44. The van der Waals surface area contributed by atoms with Crippen LogP contribution in [0.25, 0.3) is 11.3 Å². The highest BCUT2D eigenvalue weighted by atomic mass is 16.5. The molecule has 0 bridgehead atoms. The number of amides is 1. The van der Waals surface area contributed by atoms with Crippen LogP contribution in [-0.2, 0) is 6.61 Å². The third-order valence-corrected chi connectivity index (χ3v) is 6.39. The Kier molecular flexibility index (Phi) is 6.27. The maximum absolute atomic E-state index is 13.3. The third kappa shape index (κ3) is 4.28. The van der Waals surface area contributed by atoms with E-state index in [2.05, 4.69) is 48.3 Å². The van der Waals surface area contributed by atoms with Crippen LogP contribution in [0.5, 0.6) is 11.5 Å². The van der Waals surface area contributed by atoms with Crippen LogP contribution >= 0.6 is 0 Å². The smallest absolute Gasteiger partial charge is 0.273 e. The van der Waals surface area contributed by atoms with Gasteiger partial charge >= 0.3 is 0 Å². The van der Waals surface area contributed by atoms with Crippen molar-refractivity contribution in [2.75, 3.05) is 13.7 Å². The first-order valence-electron chi connectivity index (χ1n) is 11.9. The summed E-state index contributed by atoms with van der Waals surface area (Å²) in [5.74, 6) is 1.27. The van der Waals surface area contributed by atoms with Crippen LogP contribution in [0.4, 0.5) is 0 Å². The van der Waals surface area contributed by atoms with Crippen molar-refractivity contribution in [3.63, 3.8) is 0 Å². The summed E-state index contributed by atoms with van der Waals surface area (Å²) in [6.45, 7) is 5.23. The molecule has 0 aliphatic carbocycles. The van der Waals surface area contributed by atoms with Crippen molar-refractivity contribution in [2.45, 2.75) is 32.9 Å². The fourth-order valence-corrected chi connectivity index (χ4v) is 4.66. The van der Waals surface area contributed by atoms with Gasteiger partial charge < -0.3 is 14.4 Å². The first kappa shape index (κ1) is 22.7. The van der Waals surface area contributed by atoms with Crippen LogP contribution in [0, 0.1) is 6.92 Å². The van der Waals surface area contributed by atoms with E-state index in [1.165, 1.54) is 5.56 Å². The molecule has 0 saturated heterocycles. The molecule has 0 spiro atoms. The van der Waals surface area contributed by atoms with Gasteiger partial charge in [-0.3, -0.25) is 9.89 Å². The van der Waals surface area contributed by atoms with E-state index in [4.69, 9.17) is 9.47 Å². The molecule has 1 amide bonds. The van der Waals surface area contributed by atoms with E-state index in [1.54, 1.807) is 7.11 Å². The van der Waals surface area contributed by atoms with Crippen molar-refractivity contribution in [1.29, 1.82) is 0 Å². The highest BCUT2D eigenvalue weighted by Gasteiger charge is 2.42. The number of aryl methyl sites for hydroxylation is 1. The SMILES string of the molecule is CCCN1C(=O)c2[nH]nc(-c3ccc(C)cc3)c2C1c1ccc(OCc2ccccc2)c(OC)c1. The van der Waals surface area contributed by atoms with E-state index in [1.807, 2.05) is 53.4 Å². The number of hydrogen-bond donors (Lipinski definition) is 1. The Morgan fingerprint density at radius 3 is 2.49 bits per heavy atom. The number of H-pyrrole nitrogens is 1. The Hall–Kier alpha value is -4.06. The second-order valence-electron chi connectivity index (χ2n) is 8.81. The first-order valence-corrected chi connectivity index (χ1v) is 11.9. The molecule has 3 aromatic carbocycles. The van der Waals surface area contributed by atoms with Gasteiger partial charge in [0.25, 0.3) is 5.91 Å². The lowest BCUT2D eigenvalue weighted by molar-refractivity contribution is 0.0743. The zero-order valence-electron chi connectivity index (χ0n) is 20.2. The molecule has 6 nitrogen and oxygen atoms in total. The number of benzene rings is 3. The van der Waals surface area contributed by atoms with Gasteiger partial charge in [-0.1, -0.05) is 73.2 Å². The van der Waals surface area contributed by atoms with Crippen LogP contribution < -0.4 is 9.47 Å². The number of hydrogen-bond acceptors (Lipinski definition) is 4. The summed E-state index contributed by atoms with van der Waals surface area (Å²) in [7, 11) is 1.64. The Bertz CT molecular complexity index is 1330. The van der Waals surface area contributed by atoms with Gasteiger partial charge in [0.15, 0.2) is 11.5 Å². The molecule has 178 valence electrons. The fourth-order valence-electron chi connectivity index (χ4n) is 4.66. The van der Waals surface area contributed by atoms with Crippen LogP contribution in [-0.4, -0.2) is 34.7 Å². The summed E-state index contributed by atoms with van der Waals surface area (Å²) < 4.78 is 11.8. The van der Waals surface area contributed by atoms with Crippen LogP contribution in [0.15, 0.2) is 72.8 Å². The molecule has 1 N–H and O–H groups in total. The molecule has 2 heterocycles. The number of nitrogens with zero attached hydrogens (tertiary/aromatic N) is 2. The quantitative estimate of drug-likeness (QED) is 0.349. The van der Waals surface area contributed by atoms with Crippen LogP contribution in [0.3, 0.4) is 0 Å². The molecule has 1 aliphatic rings. The maximum Gasteiger partial charge on any atom is 0.273 e. The van der Waals surface area contributed by atoms with Crippen molar-refractivity contribution in [3.8, 4) is 22.8 Å². The molecular weight excluding hydrogens is 438 g/mol. The Balaban J connectivity index is 1.53. The number of methoxy groups -OCH3 is 1. The van der Waals surface area contributed by atoms with E-state index in [9.17, 15) is 4.79 Å². The third-order valence-electron chi connectivity index (χ3n) is 6.39. The fraction of sp³-hybridized carbons (Fsp3) is 0.241. The Morgan fingerprint density at radius 1 is 1.00 bits per heavy atom. The summed E-state index contributed by atoms with van der Waals surface area (Å²) in [5.41, 5.74) is 6.48. The summed E-state index contributed by atoms with van der Waals surface area (Å²) in [4.78, 5) is 15.3. The van der Waals surface area contributed by atoms with Gasteiger partial charge in [-0.05, 0) is 36.6 Å². The molecule has 0 saturated carbocycles. The summed E-state index contributed by atoms with van der Waals surface area (Å²) in [5, 5.41) is 7.57. The van der Waals surface area contributed by atoms with Crippen molar-refractivity contribution in [1.82, 2.24) is 15.1 Å². The molecule has 1 aromatic heterocycles. The van der Waals surface area contributed by atoms with Gasteiger partial charge in [0.2, 0.25) is 0 Å². The molecule has 1 unspecified atom stereocenters. The topological polar surface area (TPSA) is 67.5 Å². The largest absolute Gasteiger partial charge is 0.493 e. The predicted octanol–water partition coefficient (Wildman–Crippen LogP) is 5.93. The van der Waals surface area contributed by atoms with Gasteiger partial charge in [0.05, 0.1) is 18.8 Å². The average Bonchev–Trinajstić information content (AvgIpc) is 3.43. The van der Waals surface area contributed by atoms with Gasteiger partial charge in [-0.15, -0.1) is 0 Å². The van der Waals surface area contributed by atoms with E-state index >= 15 is 0 Å². The first-order chi connectivity index (χ1) is 17.1. The summed E-state index contributed by atoms with van der Waals surface area (Å²) in [6, 6.07) is 23.9. The number of carbonyl (C=O) groups is 1. The molecule has 0 fully saturated rings. The second-order valence-corrected chi connectivity index (χ2v) is 8.81. The minimum absolute atomic E-state index is 0.0268. The van der Waals surface area contributed by atoms with E-state index in [0.29, 0.717) is 30.3 Å². The van der Waals surface area contributed by atoms with Gasteiger partial charge in [0, 0.05) is 17.7 Å². The molecule has 0 radical (unpaired) electrons. The summed E-state index contributed by atoms with van der Waals surface area (Å²) in [6.07, 6.45) is 0.856. The number of rotatable bonds is 8. The Labute approximate surface area is 205 Å². The minimum atomic E-state index is -0.260. The lowest BCUT2D eigenvalue weighted by Crippen LogP contribution is -2.30. The molecular formula is C29H29N3O3. The number of aromatic nitrogens is 2. The number of ether oxygens (including phenoxy) is 2. The molecule has 1 aliphatic heterocycles. The molecule has 1 atom stereocenters.